The first-order chi connectivity index (χ1) is 26.6. The molecule has 0 aromatic heterocycles. The summed E-state index contributed by atoms with van der Waals surface area (Å²) < 4.78 is 52.9. The summed E-state index contributed by atoms with van der Waals surface area (Å²) in [7, 11) is 0. The number of Topliss-reactive ketones (excluding diaryl/α,β-unsaturated/α-hetero) is 4. The quantitative estimate of drug-likeness (QED) is 0.253. The first-order valence-electron chi connectivity index (χ1n) is 18.0. The maximum Gasteiger partial charge on any atom is 0.274 e. The average Bonchev–Trinajstić information content (AvgIpc) is 4.10. The summed E-state index contributed by atoms with van der Waals surface area (Å²) in [4.78, 5) is 55.2. The van der Waals surface area contributed by atoms with Crippen molar-refractivity contribution in [2.24, 2.45) is 0 Å². The van der Waals surface area contributed by atoms with E-state index < -0.39 is 71.2 Å². The topological polar surface area (TPSA) is 201 Å². The highest BCUT2D eigenvalue weighted by molar-refractivity contribution is 6.09. The molecule has 6 heterocycles. The van der Waals surface area contributed by atoms with E-state index in [1.165, 1.54) is 24.3 Å². The number of ether oxygens (including phenoxy) is 8. The third kappa shape index (κ3) is 3.03. The summed E-state index contributed by atoms with van der Waals surface area (Å²) in [5.74, 6) is -8.18. The van der Waals surface area contributed by atoms with Gasteiger partial charge in [0.15, 0.2) is 47.5 Å². The Labute approximate surface area is 307 Å². The van der Waals surface area contributed by atoms with Crippen LogP contribution in [0.25, 0.3) is 0 Å². The standard InChI is InChI=1S/C40H23NO14/c42-15-7-9-21-29-25(15)31(46)33-35(48-33)39(29)52-19-5-1-3-13-17(44)11-23(37(50-21,54-39)27(13)19)41-24-12-18(45)14-4-2-6-20-28(14)38(24)51-22-10-8-16(43)26-30(22)40(53-20,55-38)36-34(49-36)32(26)47/h1-10,23-24,33-36,41-43H,11-12H2/t23-,24-,33-,34-,35-,36-,37-,38-,39+,40+/m1/s1. The maximum absolute atomic E-state index is 14.1. The van der Waals surface area contributed by atoms with Crippen molar-refractivity contribution in [2.75, 3.05) is 0 Å². The predicted molar refractivity (Wildman–Crippen MR) is 175 cm³/mol. The maximum atomic E-state index is 14.1. The van der Waals surface area contributed by atoms with Crippen LogP contribution in [0.2, 0.25) is 0 Å². The van der Waals surface area contributed by atoms with E-state index in [1.54, 1.807) is 36.4 Å². The molecule has 0 amide bonds. The molecule has 4 spiro atoms. The van der Waals surface area contributed by atoms with Crippen LogP contribution in [0, 0.1) is 0 Å². The molecule has 0 radical (unpaired) electrons. The van der Waals surface area contributed by atoms with Crippen molar-refractivity contribution in [3.8, 4) is 34.5 Å². The van der Waals surface area contributed by atoms with E-state index in [2.05, 4.69) is 5.32 Å². The number of aromatic hydroxyl groups is 2. The molecule has 3 N–H and O–H groups in total. The van der Waals surface area contributed by atoms with Crippen LogP contribution in [-0.2, 0) is 42.1 Å². The van der Waals surface area contributed by atoms with Crippen molar-refractivity contribution in [2.45, 2.75) is 72.5 Å². The van der Waals surface area contributed by atoms with Crippen molar-refractivity contribution in [3.63, 3.8) is 0 Å². The first kappa shape index (κ1) is 29.5. The van der Waals surface area contributed by atoms with Gasteiger partial charge in [-0.3, -0.25) is 34.0 Å². The van der Waals surface area contributed by atoms with Crippen LogP contribution in [-0.4, -0.2) is 69.8 Å². The number of hydrogen-bond donors (Lipinski definition) is 3. The number of nitrogens with one attached hydrogen (secondary N) is 1. The van der Waals surface area contributed by atoms with Crippen LogP contribution >= 0.6 is 0 Å². The summed E-state index contributed by atoms with van der Waals surface area (Å²) in [5, 5.41) is 25.4. The summed E-state index contributed by atoms with van der Waals surface area (Å²) in [6.45, 7) is 0. The second kappa shape index (κ2) is 8.67. The minimum Gasteiger partial charge on any atom is -0.507 e. The van der Waals surface area contributed by atoms with Gasteiger partial charge in [-0.05, 0) is 36.4 Å². The fourth-order valence-corrected chi connectivity index (χ4v) is 10.6. The van der Waals surface area contributed by atoms with Crippen molar-refractivity contribution in [1.82, 2.24) is 5.32 Å². The van der Waals surface area contributed by atoms with Gasteiger partial charge in [0, 0.05) is 24.0 Å². The Balaban J connectivity index is 0.982. The molecule has 4 aromatic rings. The van der Waals surface area contributed by atoms with Crippen molar-refractivity contribution in [3.05, 3.63) is 105 Å². The lowest BCUT2D eigenvalue weighted by atomic mass is 9.74. The highest BCUT2D eigenvalue weighted by Gasteiger charge is 2.78. The van der Waals surface area contributed by atoms with E-state index >= 15 is 0 Å². The Morgan fingerprint density at radius 3 is 1.40 bits per heavy atom. The van der Waals surface area contributed by atoms with E-state index in [4.69, 9.17) is 37.9 Å². The number of carbonyl (C=O) groups is 4. The number of phenolic OH excluding ortho intramolecular Hbond substituents is 2. The molecule has 2 fully saturated rings. The lowest BCUT2D eigenvalue weighted by Crippen LogP contribution is -2.73. The monoisotopic (exact) mass is 741 g/mol. The third-order valence-electron chi connectivity index (χ3n) is 12.8. The van der Waals surface area contributed by atoms with Crippen molar-refractivity contribution in [1.29, 1.82) is 0 Å². The lowest BCUT2D eigenvalue weighted by Gasteiger charge is -2.59. The summed E-state index contributed by atoms with van der Waals surface area (Å²) in [6, 6.07) is 13.7. The summed E-state index contributed by atoms with van der Waals surface area (Å²) in [5.41, 5.74) is 1.53. The minimum atomic E-state index is -1.81. The lowest BCUT2D eigenvalue weighted by molar-refractivity contribution is -0.385. The molecule has 6 aliphatic heterocycles. The molecule has 15 nitrogen and oxygen atoms in total. The molecule has 4 bridgehead atoms. The van der Waals surface area contributed by atoms with Crippen LogP contribution in [0.15, 0.2) is 60.7 Å². The summed E-state index contributed by atoms with van der Waals surface area (Å²) in [6.07, 6.45) is -4.05. The highest BCUT2D eigenvalue weighted by atomic mass is 16.8. The predicted octanol–water partition coefficient (Wildman–Crippen LogP) is 2.84. The Morgan fingerprint density at radius 2 is 0.945 bits per heavy atom. The van der Waals surface area contributed by atoms with E-state index in [1.807, 2.05) is 0 Å². The molecular weight excluding hydrogens is 718 g/mol. The normalized spacial score (nSPS) is 38.6. The number of rotatable bonds is 2. The zero-order valence-electron chi connectivity index (χ0n) is 27.9. The zero-order chi connectivity index (χ0) is 36.7. The second-order valence-corrected chi connectivity index (χ2v) is 15.5. The molecule has 55 heavy (non-hydrogen) atoms. The van der Waals surface area contributed by atoms with Crippen molar-refractivity contribution < 1.29 is 67.3 Å². The van der Waals surface area contributed by atoms with Gasteiger partial charge in [0.05, 0.1) is 45.5 Å². The first-order valence-corrected chi connectivity index (χ1v) is 18.0. The molecule has 0 unspecified atom stereocenters. The fourth-order valence-electron chi connectivity index (χ4n) is 10.6. The number of hydrogen-bond acceptors (Lipinski definition) is 15. The molecule has 15 heteroatoms. The van der Waals surface area contributed by atoms with E-state index in [9.17, 15) is 29.4 Å². The highest BCUT2D eigenvalue weighted by Crippen LogP contribution is 2.67. The minimum absolute atomic E-state index is 0.0323. The van der Waals surface area contributed by atoms with E-state index in [0.29, 0.717) is 22.3 Å². The van der Waals surface area contributed by atoms with Gasteiger partial charge < -0.3 is 38.6 Å². The molecule has 10 atom stereocenters. The number of epoxide rings is 2. The Morgan fingerprint density at radius 1 is 0.527 bits per heavy atom. The Hall–Kier alpha value is -5.84. The molecule has 272 valence electrons. The molecular formula is C40H23NO14. The van der Waals surface area contributed by atoms with Gasteiger partial charge >= 0.3 is 0 Å². The number of benzene rings is 4. The van der Waals surface area contributed by atoms with Gasteiger partial charge in [-0.1, -0.05) is 24.3 Å². The van der Waals surface area contributed by atoms with Crippen LogP contribution in [0.4, 0.5) is 0 Å². The average molecular weight is 742 g/mol. The SMILES string of the molecule is O=C1C[C@@H](N[C@@H]2CC(=O)c3cccc4c3[C@@]23Oc2ccc(O)c5c2[C@](O4)(O3)[C@@H]2O[C@@H]2C5=O)[C@]23Oc4ccc(O)c5c4[C@](Oc4cccc1c42)(O3)[C@@H]1O[C@@H]1C5=O. The molecule has 4 aliphatic carbocycles. The van der Waals surface area contributed by atoms with Gasteiger partial charge in [0.25, 0.3) is 23.1 Å². The number of fused-ring (bicyclic) bond motifs is 2. The van der Waals surface area contributed by atoms with Gasteiger partial charge in [0.2, 0.25) is 0 Å². The Bertz CT molecular complexity index is 2510. The van der Waals surface area contributed by atoms with Crippen LogP contribution in [0.5, 0.6) is 34.5 Å². The van der Waals surface area contributed by atoms with Crippen molar-refractivity contribution >= 4 is 23.1 Å². The number of ketones is 4. The zero-order valence-corrected chi connectivity index (χ0v) is 27.9. The number of carbonyl (C=O) groups excluding carboxylic acids is 4. The summed E-state index contributed by atoms with van der Waals surface area (Å²) >= 11 is 0. The Kier molecular flexibility index (Phi) is 4.65. The molecule has 10 aliphatic rings. The van der Waals surface area contributed by atoms with Gasteiger partial charge in [-0.15, -0.1) is 0 Å². The van der Waals surface area contributed by atoms with Gasteiger partial charge in [-0.2, -0.15) is 0 Å². The smallest absolute Gasteiger partial charge is 0.274 e. The molecule has 4 aromatic carbocycles. The molecule has 14 rings (SSSR count). The van der Waals surface area contributed by atoms with Crippen LogP contribution < -0.4 is 24.3 Å². The number of phenols is 2. The van der Waals surface area contributed by atoms with Gasteiger partial charge in [-0.25, -0.2) is 0 Å². The molecule has 2 saturated heterocycles. The van der Waals surface area contributed by atoms with Crippen LogP contribution in [0.1, 0.15) is 76.5 Å². The molecule has 0 saturated carbocycles. The fraction of sp³-hybridized carbons (Fsp3) is 0.300. The van der Waals surface area contributed by atoms with E-state index in [-0.39, 0.29) is 81.2 Å². The van der Waals surface area contributed by atoms with E-state index in [0.717, 1.165) is 0 Å². The van der Waals surface area contributed by atoms with Gasteiger partial charge in [0.1, 0.15) is 34.5 Å². The third-order valence-corrected chi connectivity index (χ3v) is 12.8. The largest absolute Gasteiger partial charge is 0.507 e. The van der Waals surface area contributed by atoms with Crippen LogP contribution in [0.3, 0.4) is 0 Å². The second-order valence-electron chi connectivity index (χ2n) is 15.5.